The number of aliphatic hydroxyl groups is 2. The van der Waals surface area contributed by atoms with Crippen molar-refractivity contribution in [2.45, 2.75) is 18.6 Å². The first-order valence-corrected chi connectivity index (χ1v) is 5.49. The van der Waals surface area contributed by atoms with Crippen LogP contribution in [0, 0.1) is 5.82 Å². The predicted molar refractivity (Wildman–Crippen MR) is 60.8 cm³/mol. The minimum absolute atomic E-state index is 0.112. The molecule has 0 spiro atoms. The second-order valence-corrected chi connectivity index (χ2v) is 4.04. The Morgan fingerprint density at radius 1 is 1.40 bits per heavy atom. The molecule has 0 radical (unpaired) electrons. The normalized spacial score (nSPS) is 15.0. The Hall–Kier alpha value is -0.290. The number of halogens is 2. The summed E-state index contributed by atoms with van der Waals surface area (Å²) < 4.78 is 12.7. The molecule has 5 heteroatoms. The summed E-state index contributed by atoms with van der Waals surface area (Å²) in [6.45, 7) is 0. The highest BCUT2D eigenvalue weighted by Crippen LogP contribution is 2.27. The molecule has 15 heavy (non-hydrogen) atoms. The molecule has 0 aliphatic carbocycles. The first-order chi connectivity index (χ1) is 7.06. The van der Waals surface area contributed by atoms with Gasteiger partial charge in [-0.1, -0.05) is 17.7 Å². The zero-order valence-electron chi connectivity index (χ0n) is 7.90. The van der Waals surface area contributed by atoms with Crippen LogP contribution < -0.4 is 0 Å². The summed E-state index contributed by atoms with van der Waals surface area (Å²) in [5, 5.41) is 19.3. The van der Waals surface area contributed by atoms with Crippen molar-refractivity contribution in [3.63, 3.8) is 0 Å². The molecule has 0 saturated heterocycles. The molecule has 1 rings (SSSR count). The number of aliphatic hydroxyl groups excluding tert-OH is 2. The lowest BCUT2D eigenvalue weighted by atomic mass is 10.0. The molecule has 0 heterocycles. The van der Waals surface area contributed by atoms with Gasteiger partial charge in [0, 0.05) is 10.6 Å². The minimum atomic E-state index is -1.11. The highest BCUT2D eigenvalue weighted by molar-refractivity contribution is 7.80. The molecule has 2 nitrogen and oxygen atoms in total. The molecule has 0 bridgehead atoms. The smallest absolute Gasteiger partial charge is 0.124 e. The lowest BCUT2D eigenvalue weighted by Crippen LogP contribution is -2.19. The van der Waals surface area contributed by atoms with Gasteiger partial charge in [0.2, 0.25) is 0 Å². The van der Waals surface area contributed by atoms with Crippen LogP contribution in [0.5, 0.6) is 0 Å². The quantitative estimate of drug-likeness (QED) is 0.717. The molecule has 0 amide bonds. The maximum atomic E-state index is 12.7. The van der Waals surface area contributed by atoms with Gasteiger partial charge in [0.05, 0.1) is 6.10 Å². The largest absolute Gasteiger partial charge is 0.390 e. The van der Waals surface area contributed by atoms with Gasteiger partial charge in [0.25, 0.3) is 0 Å². The molecule has 84 valence electrons. The zero-order valence-corrected chi connectivity index (χ0v) is 9.55. The fourth-order valence-corrected chi connectivity index (χ4v) is 1.78. The molecule has 2 N–H and O–H groups in total. The van der Waals surface area contributed by atoms with Crippen LogP contribution in [0.2, 0.25) is 5.02 Å². The highest BCUT2D eigenvalue weighted by Gasteiger charge is 2.20. The van der Waals surface area contributed by atoms with E-state index in [1.165, 1.54) is 12.1 Å². The summed E-state index contributed by atoms with van der Waals surface area (Å²) in [6.07, 6.45) is -1.70. The molecule has 1 aromatic rings. The number of thiol groups is 1. The predicted octanol–water partition coefficient (Wildman–Crippen LogP) is 2.19. The van der Waals surface area contributed by atoms with Crippen molar-refractivity contribution in [2.75, 3.05) is 5.75 Å². The van der Waals surface area contributed by atoms with Gasteiger partial charge in [0.1, 0.15) is 11.9 Å². The second-order valence-electron chi connectivity index (χ2n) is 3.19. The van der Waals surface area contributed by atoms with E-state index in [-0.39, 0.29) is 5.02 Å². The van der Waals surface area contributed by atoms with Crippen LogP contribution in [0.1, 0.15) is 18.1 Å². The number of rotatable bonds is 4. The molecule has 0 aliphatic heterocycles. The van der Waals surface area contributed by atoms with Crippen LogP contribution in [-0.2, 0) is 0 Å². The van der Waals surface area contributed by atoms with E-state index in [1.54, 1.807) is 0 Å². The number of hydrogen-bond donors (Lipinski definition) is 3. The first kappa shape index (κ1) is 12.8. The van der Waals surface area contributed by atoms with Crippen molar-refractivity contribution in [1.82, 2.24) is 0 Å². The average Bonchev–Trinajstić information content (AvgIpc) is 2.17. The Balaban J connectivity index is 2.86. The van der Waals surface area contributed by atoms with Crippen molar-refractivity contribution < 1.29 is 14.6 Å². The Morgan fingerprint density at radius 2 is 2.07 bits per heavy atom. The fourth-order valence-electron chi connectivity index (χ4n) is 1.24. The highest BCUT2D eigenvalue weighted by atomic mass is 35.5. The summed E-state index contributed by atoms with van der Waals surface area (Å²) in [5.74, 6) is -0.0172. The van der Waals surface area contributed by atoms with Gasteiger partial charge in [-0.3, -0.25) is 0 Å². The number of benzene rings is 1. The van der Waals surface area contributed by atoms with E-state index >= 15 is 0 Å². The van der Waals surface area contributed by atoms with E-state index in [4.69, 9.17) is 11.6 Å². The molecule has 2 atom stereocenters. The fraction of sp³-hybridized carbons (Fsp3) is 0.400. The van der Waals surface area contributed by atoms with Gasteiger partial charge in [-0.15, -0.1) is 0 Å². The molecule has 0 aromatic heterocycles. The van der Waals surface area contributed by atoms with Crippen molar-refractivity contribution in [3.8, 4) is 0 Å². The van der Waals surface area contributed by atoms with Crippen LogP contribution in [0.4, 0.5) is 4.39 Å². The second kappa shape index (κ2) is 5.70. The number of hydrogen-bond acceptors (Lipinski definition) is 3. The Bertz CT molecular complexity index is 335. The molecule has 0 fully saturated rings. The summed E-state index contributed by atoms with van der Waals surface area (Å²) in [4.78, 5) is 0. The van der Waals surface area contributed by atoms with Crippen molar-refractivity contribution in [3.05, 3.63) is 34.6 Å². The summed E-state index contributed by atoms with van der Waals surface area (Å²) in [7, 11) is 0. The molecule has 2 unspecified atom stereocenters. The standard InChI is InChI=1S/C10H12ClFO2S/c11-8-5-6(12)1-2-7(8)10(14)9(13)3-4-15/h1-2,5,9-10,13-15H,3-4H2. The average molecular weight is 251 g/mol. The van der Waals surface area contributed by atoms with Crippen molar-refractivity contribution in [1.29, 1.82) is 0 Å². The van der Waals surface area contributed by atoms with Gasteiger partial charge < -0.3 is 10.2 Å². The van der Waals surface area contributed by atoms with Gasteiger partial charge in [0.15, 0.2) is 0 Å². The summed E-state index contributed by atoms with van der Waals surface area (Å²) in [5.41, 5.74) is 0.326. The third kappa shape index (κ3) is 3.34. The van der Waals surface area contributed by atoms with E-state index in [1.807, 2.05) is 0 Å². The van der Waals surface area contributed by atoms with E-state index in [0.29, 0.717) is 17.7 Å². The van der Waals surface area contributed by atoms with E-state index < -0.39 is 18.0 Å². The molecular weight excluding hydrogens is 239 g/mol. The van der Waals surface area contributed by atoms with Crippen molar-refractivity contribution >= 4 is 24.2 Å². The van der Waals surface area contributed by atoms with Crippen LogP contribution in [-0.4, -0.2) is 22.1 Å². The topological polar surface area (TPSA) is 40.5 Å². The van der Waals surface area contributed by atoms with Crippen LogP contribution in [0.3, 0.4) is 0 Å². The van der Waals surface area contributed by atoms with Crippen molar-refractivity contribution in [2.24, 2.45) is 0 Å². The van der Waals surface area contributed by atoms with E-state index in [0.717, 1.165) is 6.07 Å². The minimum Gasteiger partial charge on any atom is -0.390 e. The van der Waals surface area contributed by atoms with E-state index in [9.17, 15) is 14.6 Å². The lowest BCUT2D eigenvalue weighted by Gasteiger charge is -2.18. The van der Waals surface area contributed by atoms with Crippen LogP contribution >= 0.6 is 24.2 Å². The maximum Gasteiger partial charge on any atom is 0.124 e. The van der Waals surface area contributed by atoms with Gasteiger partial charge in [-0.25, -0.2) is 4.39 Å². The molecule has 1 aromatic carbocycles. The Morgan fingerprint density at radius 3 is 2.60 bits per heavy atom. The van der Waals surface area contributed by atoms with Gasteiger partial charge in [-0.05, 0) is 24.3 Å². The molecule has 0 saturated carbocycles. The first-order valence-electron chi connectivity index (χ1n) is 4.48. The summed E-state index contributed by atoms with van der Waals surface area (Å²) in [6, 6.07) is 3.66. The van der Waals surface area contributed by atoms with E-state index in [2.05, 4.69) is 12.6 Å². The third-order valence-electron chi connectivity index (χ3n) is 2.07. The van der Waals surface area contributed by atoms with Gasteiger partial charge in [-0.2, -0.15) is 12.6 Å². The third-order valence-corrected chi connectivity index (χ3v) is 2.66. The van der Waals surface area contributed by atoms with Crippen LogP contribution in [0.25, 0.3) is 0 Å². The monoisotopic (exact) mass is 250 g/mol. The van der Waals surface area contributed by atoms with Gasteiger partial charge >= 0.3 is 0 Å². The maximum absolute atomic E-state index is 12.7. The Kier molecular flexibility index (Phi) is 4.86. The summed E-state index contributed by atoms with van der Waals surface area (Å²) >= 11 is 9.68. The molecule has 0 aliphatic rings. The lowest BCUT2D eigenvalue weighted by molar-refractivity contribution is 0.0172. The zero-order chi connectivity index (χ0) is 11.4. The van der Waals surface area contributed by atoms with Crippen LogP contribution in [0.15, 0.2) is 18.2 Å². The molecular formula is C10H12ClFO2S. The Labute approximate surface area is 98.1 Å². The SMILES string of the molecule is OC(CCS)C(O)c1ccc(F)cc1Cl.